The maximum absolute atomic E-state index is 12.1. The van der Waals surface area contributed by atoms with Crippen LogP contribution in [0, 0.1) is 5.92 Å². The highest BCUT2D eigenvalue weighted by Gasteiger charge is 2.25. The SMILES string of the molecule is CCC(CC(=O)O)NC(=O)N1CCCC(COC)C1. The zero-order valence-corrected chi connectivity index (χ0v) is 11.7. The van der Waals surface area contributed by atoms with Crippen LogP contribution in [0.3, 0.4) is 0 Å². The van der Waals surface area contributed by atoms with Gasteiger partial charge in [-0.05, 0) is 19.3 Å². The van der Waals surface area contributed by atoms with Crippen molar-refractivity contribution >= 4 is 12.0 Å². The molecule has 1 saturated heterocycles. The number of carboxylic acids is 1. The van der Waals surface area contributed by atoms with Crippen molar-refractivity contribution in [2.45, 2.75) is 38.6 Å². The van der Waals surface area contributed by atoms with Crippen molar-refractivity contribution in [1.29, 1.82) is 0 Å². The number of carbonyl (C=O) groups excluding carboxylic acids is 1. The van der Waals surface area contributed by atoms with E-state index >= 15 is 0 Å². The lowest BCUT2D eigenvalue weighted by molar-refractivity contribution is -0.137. The van der Waals surface area contributed by atoms with E-state index in [2.05, 4.69) is 5.32 Å². The van der Waals surface area contributed by atoms with E-state index in [0.717, 1.165) is 19.4 Å². The molecule has 19 heavy (non-hydrogen) atoms. The van der Waals surface area contributed by atoms with Crippen molar-refractivity contribution in [3.63, 3.8) is 0 Å². The number of carbonyl (C=O) groups is 2. The molecule has 0 radical (unpaired) electrons. The van der Waals surface area contributed by atoms with Gasteiger partial charge in [-0.1, -0.05) is 6.92 Å². The van der Waals surface area contributed by atoms with E-state index in [1.807, 2.05) is 6.92 Å². The number of nitrogens with one attached hydrogen (secondary N) is 1. The van der Waals surface area contributed by atoms with Gasteiger partial charge in [0.2, 0.25) is 0 Å². The predicted molar refractivity (Wildman–Crippen MR) is 71.0 cm³/mol. The van der Waals surface area contributed by atoms with E-state index < -0.39 is 5.97 Å². The van der Waals surface area contributed by atoms with Crippen LogP contribution >= 0.6 is 0 Å². The molecule has 2 atom stereocenters. The minimum Gasteiger partial charge on any atom is -0.481 e. The molecule has 1 aliphatic rings. The predicted octanol–water partition coefficient (Wildman–Crippen LogP) is 1.31. The number of amides is 2. The van der Waals surface area contributed by atoms with E-state index in [9.17, 15) is 9.59 Å². The largest absolute Gasteiger partial charge is 0.481 e. The van der Waals surface area contributed by atoms with Gasteiger partial charge in [0.25, 0.3) is 0 Å². The van der Waals surface area contributed by atoms with Crippen molar-refractivity contribution < 1.29 is 19.4 Å². The van der Waals surface area contributed by atoms with E-state index in [-0.39, 0.29) is 18.5 Å². The summed E-state index contributed by atoms with van der Waals surface area (Å²) in [5, 5.41) is 11.6. The van der Waals surface area contributed by atoms with E-state index in [1.54, 1.807) is 12.0 Å². The van der Waals surface area contributed by atoms with Crippen LogP contribution in [0.5, 0.6) is 0 Å². The first kappa shape index (κ1) is 15.8. The van der Waals surface area contributed by atoms with Gasteiger partial charge in [0.1, 0.15) is 0 Å². The topological polar surface area (TPSA) is 78.9 Å². The lowest BCUT2D eigenvalue weighted by Crippen LogP contribution is -2.49. The Kier molecular flexibility index (Phi) is 6.62. The summed E-state index contributed by atoms with van der Waals surface area (Å²) in [5.41, 5.74) is 0. The second-order valence-electron chi connectivity index (χ2n) is 5.06. The third-order valence-corrected chi connectivity index (χ3v) is 3.45. The van der Waals surface area contributed by atoms with Crippen LogP contribution < -0.4 is 5.32 Å². The molecule has 1 heterocycles. The van der Waals surface area contributed by atoms with Crippen molar-refractivity contribution in [2.24, 2.45) is 5.92 Å². The first-order valence-electron chi connectivity index (χ1n) is 6.83. The Morgan fingerprint density at radius 1 is 1.53 bits per heavy atom. The summed E-state index contributed by atoms with van der Waals surface area (Å²) in [6.07, 6.45) is 2.63. The van der Waals surface area contributed by atoms with Gasteiger partial charge < -0.3 is 20.1 Å². The van der Waals surface area contributed by atoms with Gasteiger partial charge in [0, 0.05) is 32.2 Å². The molecule has 1 fully saturated rings. The number of hydrogen-bond donors (Lipinski definition) is 2. The molecular weight excluding hydrogens is 248 g/mol. The summed E-state index contributed by atoms with van der Waals surface area (Å²) < 4.78 is 5.13. The third kappa shape index (κ3) is 5.46. The lowest BCUT2D eigenvalue weighted by Gasteiger charge is -2.33. The smallest absolute Gasteiger partial charge is 0.317 e. The number of aliphatic carboxylic acids is 1. The number of ether oxygens (including phenoxy) is 1. The van der Waals surface area contributed by atoms with Gasteiger partial charge in [-0.15, -0.1) is 0 Å². The van der Waals surface area contributed by atoms with Gasteiger partial charge in [-0.3, -0.25) is 4.79 Å². The molecule has 6 heteroatoms. The van der Waals surface area contributed by atoms with Crippen LogP contribution in [0.2, 0.25) is 0 Å². The van der Waals surface area contributed by atoms with Crippen LogP contribution in [-0.4, -0.2) is 54.9 Å². The van der Waals surface area contributed by atoms with Crippen LogP contribution in [0.25, 0.3) is 0 Å². The lowest BCUT2D eigenvalue weighted by atomic mass is 9.99. The molecule has 0 bridgehead atoms. The maximum Gasteiger partial charge on any atom is 0.317 e. The highest BCUT2D eigenvalue weighted by Crippen LogP contribution is 2.16. The van der Waals surface area contributed by atoms with Crippen molar-refractivity contribution in [2.75, 3.05) is 26.8 Å². The summed E-state index contributed by atoms with van der Waals surface area (Å²) >= 11 is 0. The average molecular weight is 272 g/mol. The third-order valence-electron chi connectivity index (χ3n) is 3.45. The molecule has 0 spiro atoms. The van der Waals surface area contributed by atoms with Gasteiger partial charge in [-0.25, -0.2) is 4.79 Å². The second kappa shape index (κ2) is 7.99. The number of hydrogen-bond acceptors (Lipinski definition) is 3. The fraction of sp³-hybridized carbons (Fsp3) is 0.846. The van der Waals surface area contributed by atoms with Gasteiger partial charge in [0.15, 0.2) is 0 Å². The average Bonchev–Trinajstić information content (AvgIpc) is 2.38. The summed E-state index contributed by atoms with van der Waals surface area (Å²) in [7, 11) is 1.67. The van der Waals surface area contributed by atoms with Crippen LogP contribution in [-0.2, 0) is 9.53 Å². The molecule has 0 aromatic carbocycles. The maximum atomic E-state index is 12.1. The molecule has 1 aliphatic heterocycles. The van der Waals surface area contributed by atoms with Crippen LogP contribution in [0.15, 0.2) is 0 Å². The summed E-state index contributed by atoms with van der Waals surface area (Å²) in [6, 6.07) is -0.457. The van der Waals surface area contributed by atoms with Gasteiger partial charge >= 0.3 is 12.0 Å². The fourth-order valence-electron chi connectivity index (χ4n) is 2.40. The molecule has 2 N–H and O–H groups in total. The Bertz CT molecular complexity index is 307. The number of carboxylic acid groups (broad SMARTS) is 1. The summed E-state index contributed by atoms with van der Waals surface area (Å²) in [4.78, 5) is 24.5. The van der Waals surface area contributed by atoms with Gasteiger partial charge in [0.05, 0.1) is 13.0 Å². The van der Waals surface area contributed by atoms with E-state index in [4.69, 9.17) is 9.84 Å². The molecule has 0 saturated carbocycles. The number of rotatable bonds is 6. The molecule has 2 amide bonds. The monoisotopic (exact) mass is 272 g/mol. The number of piperidine rings is 1. The van der Waals surface area contributed by atoms with Crippen LogP contribution in [0.4, 0.5) is 4.79 Å². The minimum atomic E-state index is -0.886. The Balaban J connectivity index is 2.45. The van der Waals surface area contributed by atoms with Gasteiger partial charge in [-0.2, -0.15) is 0 Å². The zero-order chi connectivity index (χ0) is 14.3. The Hall–Kier alpha value is -1.30. The highest BCUT2D eigenvalue weighted by atomic mass is 16.5. The first-order valence-corrected chi connectivity index (χ1v) is 6.83. The Morgan fingerprint density at radius 2 is 2.26 bits per heavy atom. The molecule has 0 aromatic heterocycles. The quantitative estimate of drug-likeness (QED) is 0.764. The Morgan fingerprint density at radius 3 is 2.84 bits per heavy atom. The molecule has 0 aliphatic carbocycles. The number of urea groups is 1. The first-order chi connectivity index (χ1) is 9.06. The molecule has 110 valence electrons. The Labute approximate surface area is 114 Å². The molecule has 2 unspecified atom stereocenters. The number of likely N-dealkylation sites (tertiary alicyclic amines) is 1. The molecular formula is C13H24N2O4. The minimum absolute atomic E-state index is 0.0302. The summed E-state index contributed by atoms with van der Waals surface area (Å²) in [6.45, 7) is 3.95. The standard InChI is InChI=1S/C13H24N2O4/c1-3-11(7-12(16)17)14-13(18)15-6-4-5-10(8-15)9-19-2/h10-11H,3-9H2,1-2H3,(H,14,18)(H,16,17). The number of nitrogens with zero attached hydrogens (tertiary/aromatic N) is 1. The molecule has 0 aromatic rings. The normalized spacial score (nSPS) is 20.9. The second-order valence-corrected chi connectivity index (χ2v) is 5.06. The highest BCUT2D eigenvalue weighted by molar-refractivity contribution is 5.76. The summed E-state index contributed by atoms with van der Waals surface area (Å²) in [5.74, 6) is -0.507. The van der Waals surface area contributed by atoms with E-state index in [0.29, 0.717) is 25.5 Å². The van der Waals surface area contributed by atoms with Crippen molar-refractivity contribution in [3.8, 4) is 0 Å². The van der Waals surface area contributed by atoms with Crippen molar-refractivity contribution in [3.05, 3.63) is 0 Å². The van der Waals surface area contributed by atoms with E-state index in [1.165, 1.54) is 0 Å². The van der Waals surface area contributed by atoms with Crippen molar-refractivity contribution in [1.82, 2.24) is 10.2 Å². The number of methoxy groups -OCH3 is 1. The molecule has 1 rings (SSSR count). The van der Waals surface area contributed by atoms with Crippen LogP contribution in [0.1, 0.15) is 32.6 Å². The fourth-order valence-corrected chi connectivity index (χ4v) is 2.40. The zero-order valence-electron chi connectivity index (χ0n) is 11.7. The molecule has 6 nitrogen and oxygen atoms in total.